The van der Waals surface area contributed by atoms with Gasteiger partial charge in [0.05, 0.1) is 13.0 Å². The van der Waals surface area contributed by atoms with Crippen LogP contribution in [0.1, 0.15) is 32.0 Å². The molecule has 0 saturated heterocycles. The summed E-state index contributed by atoms with van der Waals surface area (Å²) >= 11 is 0. The van der Waals surface area contributed by atoms with Crippen molar-refractivity contribution in [3.05, 3.63) is 11.7 Å². The van der Waals surface area contributed by atoms with Gasteiger partial charge in [-0.1, -0.05) is 19.0 Å². The fraction of sp³-hybridized carbons (Fsp3) is 0.818. The van der Waals surface area contributed by atoms with Crippen molar-refractivity contribution in [2.24, 2.45) is 5.92 Å². The van der Waals surface area contributed by atoms with Crippen molar-refractivity contribution in [2.45, 2.75) is 39.4 Å². The highest BCUT2D eigenvalue weighted by Crippen LogP contribution is 2.19. The van der Waals surface area contributed by atoms with Crippen LogP contribution in [-0.2, 0) is 13.0 Å². The van der Waals surface area contributed by atoms with Crippen molar-refractivity contribution in [1.29, 1.82) is 0 Å². The fourth-order valence-electron chi connectivity index (χ4n) is 1.43. The summed E-state index contributed by atoms with van der Waals surface area (Å²) in [6.07, 6.45) is -4.27. The van der Waals surface area contributed by atoms with E-state index in [1.54, 1.807) is 7.05 Å². The number of alkyl halides is 3. The molecule has 0 bridgehead atoms. The van der Waals surface area contributed by atoms with E-state index in [9.17, 15) is 13.2 Å². The summed E-state index contributed by atoms with van der Waals surface area (Å²) in [6, 6.07) is 0. The number of nitrogens with zero attached hydrogens (tertiary/aromatic N) is 3. The summed E-state index contributed by atoms with van der Waals surface area (Å²) in [4.78, 5) is 5.65. The van der Waals surface area contributed by atoms with Gasteiger partial charge in [0.15, 0.2) is 5.82 Å². The zero-order valence-electron chi connectivity index (χ0n) is 10.8. The topological polar surface area (TPSA) is 42.2 Å². The van der Waals surface area contributed by atoms with Crippen LogP contribution in [0.4, 0.5) is 13.2 Å². The Morgan fingerprint density at radius 3 is 2.56 bits per heavy atom. The molecular weight excluding hydrogens is 247 g/mol. The quantitative estimate of drug-likeness (QED) is 0.793. The molecule has 0 amide bonds. The zero-order valence-corrected chi connectivity index (χ0v) is 10.8. The van der Waals surface area contributed by atoms with E-state index < -0.39 is 12.6 Å². The molecule has 18 heavy (non-hydrogen) atoms. The van der Waals surface area contributed by atoms with E-state index in [2.05, 4.69) is 10.1 Å². The number of hydrogen-bond donors (Lipinski definition) is 0. The minimum atomic E-state index is -4.13. The number of halogens is 3. The molecule has 1 aromatic heterocycles. The Morgan fingerprint density at radius 2 is 2.00 bits per heavy atom. The molecule has 0 saturated carbocycles. The number of aromatic nitrogens is 2. The van der Waals surface area contributed by atoms with Crippen molar-refractivity contribution in [1.82, 2.24) is 15.0 Å². The molecule has 4 nitrogen and oxygen atoms in total. The first-order valence-electron chi connectivity index (χ1n) is 5.83. The van der Waals surface area contributed by atoms with Gasteiger partial charge in [-0.05, 0) is 13.0 Å². The Kier molecular flexibility index (Phi) is 5.13. The van der Waals surface area contributed by atoms with Crippen LogP contribution in [0.3, 0.4) is 0 Å². The van der Waals surface area contributed by atoms with Gasteiger partial charge in [0.2, 0.25) is 5.89 Å². The first-order valence-corrected chi connectivity index (χ1v) is 5.83. The average Bonchev–Trinajstić information content (AvgIpc) is 2.60. The van der Waals surface area contributed by atoms with Crippen molar-refractivity contribution >= 4 is 0 Å². The standard InChI is InChI=1S/C11H18F3N3O/c1-8(2)6-9-15-10(18-16-9)7-17(3)5-4-11(12,13)14/h8H,4-7H2,1-3H3. The van der Waals surface area contributed by atoms with E-state index in [4.69, 9.17) is 4.52 Å². The molecule has 0 aliphatic heterocycles. The monoisotopic (exact) mass is 265 g/mol. The lowest BCUT2D eigenvalue weighted by atomic mass is 10.1. The normalized spacial score (nSPS) is 12.7. The van der Waals surface area contributed by atoms with Gasteiger partial charge in [0.1, 0.15) is 0 Å². The Bertz CT molecular complexity index is 363. The largest absolute Gasteiger partial charge is 0.390 e. The Balaban J connectivity index is 2.40. The highest BCUT2D eigenvalue weighted by Gasteiger charge is 2.27. The molecule has 1 aromatic rings. The molecular formula is C11H18F3N3O. The molecule has 0 aliphatic rings. The van der Waals surface area contributed by atoms with Crippen molar-refractivity contribution in [3.63, 3.8) is 0 Å². The van der Waals surface area contributed by atoms with Crippen molar-refractivity contribution < 1.29 is 17.7 Å². The number of hydrogen-bond acceptors (Lipinski definition) is 4. The van der Waals surface area contributed by atoms with Gasteiger partial charge in [0.25, 0.3) is 0 Å². The minimum Gasteiger partial charge on any atom is -0.338 e. The second-order valence-corrected chi connectivity index (χ2v) is 4.81. The third-order valence-electron chi connectivity index (χ3n) is 2.28. The molecule has 0 spiro atoms. The second-order valence-electron chi connectivity index (χ2n) is 4.81. The molecule has 0 N–H and O–H groups in total. The zero-order chi connectivity index (χ0) is 13.8. The lowest BCUT2D eigenvalue weighted by Gasteiger charge is -2.15. The highest BCUT2D eigenvalue weighted by atomic mass is 19.4. The average molecular weight is 265 g/mol. The van der Waals surface area contributed by atoms with Crippen molar-refractivity contribution in [3.8, 4) is 0 Å². The summed E-state index contributed by atoms with van der Waals surface area (Å²) < 4.78 is 41.1. The van der Waals surface area contributed by atoms with Crippen LogP contribution >= 0.6 is 0 Å². The molecule has 1 rings (SSSR count). The minimum absolute atomic E-state index is 0.0780. The SMILES string of the molecule is CC(C)Cc1noc(CN(C)CCC(F)(F)F)n1. The van der Waals surface area contributed by atoms with E-state index in [-0.39, 0.29) is 13.1 Å². The molecule has 7 heteroatoms. The molecule has 1 heterocycles. The van der Waals surface area contributed by atoms with E-state index in [0.29, 0.717) is 24.1 Å². The predicted octanol–water partition coefficient (Wildman–Crippen LogP) is 2.65. The second kappa shape index (κ2) is 6.17. The van der Waals surface area contributed by atoms with Crippen LogP contribution in [0.25, 0.3) is 0 Å². The lowest BCUT2D eigenvalue weighted by Crippen LogP contribution is -2.24. The lowest BCUT2D eigenvalue weighted by molar-refractivity contribution is -0.137. The van der Waals surface area contributed by atoms with Gasteiger partial charge < -0.3 is 4.52 Å². The summed E-state index contributed by atoms with van der Waals surface area (Å²) in [7, 11) is 1.60. The first-order chi connectivity index (χ1) is 8.26. The Labute approximate surface area is 104 Å². The van der Waals surface area contributed by atoms with E-state index in [0.717, 1.165) is 0 Å². The third-order valence-corrected chi connectivity index (χ3v) is 2.28. The molecule has 0 aliphatic carbocycles. The van der Waals surface area contributed by atoms with E-state index >= 15 is 0 Å². The van der Waals surface area contributed by atoms with Crippen LogP contribution in [0, 0.1) is 5.92 Å². The van der Waals surface area contributed by atoms with Crippen molar-refractivity contribution in [2.75, 3.05) is 13.6 Å². The highest BCUT2D eigenvalue weighted by molar-refractivity contribution is 4.87. The fourth-order valence-corrected chi connectivity index (χ4v) is 1.43. The van der Waals surface area contributed by atoms with Gasteiger partial charge in [-0.3, -0.25) is 4.90 Å². The third kappa shape index (κ3) is 6.00. The van der Waals surface area contributed by atoms with E-state index in [1.807, 2.05) is 13.8 Å². The van der Waals surface area contributed by atoms with Gasteiger partial charge >= 0.3 is 6.18 Å². The van der Waals surface area contributed by atoms with Crippen LogP contribution < -0.4 is 0 Å². The van der Waals surface area contributed by atoms with Gasteiger partial charge in [-0.2, -0.15) is 18.2 Å². The molecule has 0 atom stereocenters. The predicted molar refractivity (Wildman–Crippen MR) is 59.8 cm³/mol. The smallest absolute Gasteiger partial charge is 0.338 e. The van der Waals surface area contributed by atoms with Gasteiger partial charge in [-0.15, -0.1) is 0 Å². The summed E-state index contributed by atoms with van der Waals surface area (Å²) in [5.41, 5.74) is 0. The molecule has 104 valence electrons. The first kappa shape index (κ1) is 14.9. The number of rotatable bonds is 6. The van der Waals surface area contributed by atoms with Crippen LogP contribution in [0.15, 0.2) is 4.52 Å². The van der Waals surface area contributed by atoms with Crippen LogP contribution in [0.2, 0.25) is 0 Å². The molecule has 0 radical (unpaired) electrons. The Morgan fingerprint density at radius 1 is 1.33 bits per heavy atom. The maximum atomic E-state index is 12.0. The van der Waals surface area contributed by atoms with Crippen LogP contribution in [0.5, 0.6) is 0 Å². The maximum Gasteiger partial charge on any atom is 0.390 e. The van der Waals surface area contributed by atoms with Gasteiger partial charge in [-0.25, -0.2) is 0 Å². The Hall–Kier alpha value is -1.11. The molecule has 0 unspecified atom stereocenters. The van der Waals surface area contributed by atoms with Gasteiger partial charge in [0, 0.05) is 13.0 Å². The summed E-state index contributed by atoms with van der Waals surface area (Å²) in [5.74, 6) is 1.37. The van der Waals surface area contributed by atoms with Crippen LogP contribution in [-0.4, -0.2) is 34.8 Å². The summed E-state index contributed by atoms with van der Waals surface area (Å²) in [5, 5.41) is 3.78. The maximum absolute atomic E-state index is 12.0. The van der Waals surface area contributed by atoms with E-state index in [1.165, 1.54) is 4.90 Å². The molecule has 0 fully saturated rings. The summed E-state index contributed by atoms with van der Waals surface area (Å²) in [6.45, 7) is 4.23. The molecule has 0 aromatic carbocycles.